The van der Waals surface area contributed by atoms with E-state index in [0.717, 1.165) is 6.54 Å². The number of nitrogens with zero attached hydrogens (tertiary/aromatic N) is 1. The highest BCUT2D eigenvalue weighted by molar-refractivity contribution is 14.1. The van der Waals surface area contributed by atoms with E-state index in [-0.39, 0.29) is 0 Å². The molecule has 1 rings (SSSR count). The van der Waals surface area contributed by atoms with E-state index in [0.29, 0.717) is 4.11 Å². The van der Waals surface area contributed by atoms with Crippen molar-refractivity contribution in [1.82, 2.24) is 0 Å². The van der Waals surface area contributed by atoms with Gasteiger partial charge in [-0.15, -0.1) is 0 Å². The van der Waals surface area contributed by atoms with Gasteiger partial charge in [0.05, 0.1) is 6.54 Å². The van der Waals surface area contributed by atoms with Crippen LogP contribution in [0.3, 0.4) is 0 Å². The van der Waals surface area contributed by atoms with E-state index in [9.17, 15) is 0 Å². The predicted molar refractivity (Wildman–Crippen MR) is 32.3 cm³/mol. The molecule has 3 heteroatoms. The molecule has 0 aromatic carbocycles. The normalized spacial score (nSPS) is 30.5. The first-order valence-electron chi connectivity index (χ1n) is 1.67. The Labute approximate surface area is 49.7 Å². The summed E-state index contributed by atoms with van der Waals surface area (Å²) in [6.07, 6.45) is 1.50. The summed E-state index contributed by atoms with van der Waals surface area (Å²) in [5.74, 6) is 0. The maximum absolute atomic E-state index is 4.85. The number of aliphatic imine (C=N–C) groups is 1. The highest BCUT2D eigenvalue weighted by Crippen LogP contribution is 2.05. The highest BCUT2D eigenvalue weighted by atomic mass is 127. The standard InChI is InChI=1S/C3H4INO/c4-3-1-5-2-6-3/h2-3H,1H2. The quantitative estimate of drug-likeness (QED) is 0.415. The molecule has 34 valence electrons. The Hall–Kier alpha value is 0.200. The van der Waals surface area contributed by atoms with Crippen molar-refractivity contribution in [2.75, 3.05) is 6.54 Å². The van der Waals surface area contributed by atoms with Crippen LogP contribution < -0.4 is 0 Å². The summed E-state index contributed by atoms with van der Waals surface area (Å²) in [5.41, 5.74) is 0. The first kappa shape index (κ1) is 4.36. The Balaban J connectivity index is 2.32. The molecule has 1 aliphatic rings. The van der Waals surface area contributed by atoms with Gasteiger partial charge >= 0.3 is 0 Å². The van der Waals surface area contributed by atoms with Crippen LogP contribution >= 0.6 is 22.6 Å². The molecule has 0 spiro atoms. The molecule has 0 N–H and O–H groups in total. The lowest BCUT2D eigenvalue weighted by atomic mass is 10.8. The minimum Gasteiger partial charge on any atom is -0.468 e. The first-order valence-corrected chi connectivity index (χ1v) is 2.92. The van der Waals surface area contributed by atoms with Crippen molar-refractivity contribution in [1.29, 1.82) is 0 Å². The van der Waals surface area contributed by atoms with Crippen molar-refractivity contribution >= 4 is 29.0 Å². The second kappa shape index (κ2) is 1.77. The molecular formula is C3H4INO. The molecule has 0 amide bonds. The van der Waals surface area contributed by atoms with Crippen molar-refractivity contribution in [2.24, 2.45) is 4.99 Å². The number of ether oxygens (including phenoxy) is 1. The predicted octanol–water partition coefficient (Wildman–Crippen LogP) is 0.806. The second-order valence-corrected chi connectivity index (χ2v) is 2.41. The zero-order chi connectivity index (χ0) is 4.41. The molecule has 0 aromatic rings. The van der Waals surface area contributed by atoms with Crippen molar-refractivity contribution in [3.05, 3.63) is 0 Å². The van der Waals surface area contributed by atoms with E-state index in [1.165, 1.54) is 6.40 Å². The number of halogens is 1. The molecule has 0 aliphatic carbocycles. The molecule has 1 unspecified atom stereocenters. The smallest absolute Gasteiger partial charge is 0.171 e. The monoisotopic (exact) mass is 197 g/mol. The fourth-order valence-corrected chi connectivity index (χ4v) is 0.637. The van der Waals surface area contributed by atoms with Gasteiger partial charge in [0.1, 0.15) is 0 Å². The number of hydrogen-bond acceptors (Lipinski definition) is 2. The Morgan fingerprint density at radius 3 is 3.00 bits per heavy atom. The molecule has 0 saturated carbocycles. The minimum absolute atomic E-state index is 0.294. The lowest BCUT2D eigenvalue weighted by Gasteiger charge is -1.92. The summed E-state index contributed by atoms with van der Waals surface area (Å²) in [6.45, 7) is 0.820. The average molecular weight is 197 g/mol. The Morgan fingerprint density at radius 2 is 2.83 bits per heavy atom. The van der Waals surface area contributed by atoms with E-state index in [2.05, 4.69) is 27.6 Å². The summed E-state index contributed by atoms with van der Waals surface area (Å²) >= 11 is 2.18. The maximum Gasteiger partial charge on any atom is 0.171 e. The van der Waals surface area contributed by atoms with Gasteiger partial charge in [-0.3, -0.25) is 4.99 Å². The fraction of sp³-hybridized carbons (Fsp3) is 0.667. The summed E-state index contributed by atoms with van der Waals surface area (Å²) in [6, 6.07) is 0. The lowest BCUT2D eigenvalue weighted by molar-refractivity contribution is 0.342. The van der Waals surface area contributed by atoms with Gasteiger partial charge in [-0.25, -0.2) is 0 Å². The third-order valence-corrected chi connectivity index (χ3v) is 1.22. The van der Waals surface area contributed by atoms with Gasteiger partial charge in [-0.2, -0.15) is 0 Å². The lowest BCUT2D eigenvalue weighted by Crippen LogP contribution is -1.95. The van der Waals surface area contributed by atoms with E-state index >= 15 is 0 Å². The molecule has 1 aliphatic heterocycles. The van der Waals surface area contributed by atoms with Crippen molar-refractivity contribution in [3.63, 3.8) is 0 Å². The van der Waals surface area contributed by atoms with Gasteiger partial charge < -0.3 is 4.74 Å². The van der Waals surface area contributed by atoms with Gasteiger partial charge in [0.15, 0.2) is 10.5 Å². The first-order chi connectivity index (χ1) is 2.89. The molecule has 0 fully saturated rings. The van der Waals surface area contributed by atoms with Crippen molar-refractivity contribution in [3.8, 4) is 0 Å². The number of rotatable bonds is 0. The van der Waals surface area contributed by atoms with E-state index in [1.807, 2.05) is 0 Å². The van der Waals surface area contributed by atoms with E-state index in [1.54, 1.807) is 0 Å². The third kappa shape index (κ3) is 0.830. The molecule has 0 aromatic heterocycles. The third-order valence-electron chi connectivity index (χ3n) is 0.532. The summed E-state index contributed by atoms with van der Waals surface area (Å²) in [5, 5.41) is 0. The molecule has 1 atom stereocenters. The van der Waals surface area contributed by atoms with Crippen LogP contribution in [0.5, 0.6) is 0 Å². The van der Waals surface area contributed by atoms with Crippen LogP contribution in [0.4, 0.5) is 0 Å². The van der Waals surface area contributed by atoms with Gasteiger partial charge in [-0.05, 0) is 22.6 Å². The van der Waals surface area contributed by atoms with Crippen LogP contribution in [0.2, 0.25) is 0 Å². The maximum atomic E-state index is 4.85. The van der Waals surface area contributed by atoms with Gasteiger partial charge in [0.25, 0.3) is 0 Å². The second-order valence-electron chi connectivity index (χ2n) is 1.02. The van der Waals surface area contributed by atoms with E-state index < -0.39 is 0 Å². The fourth-order valence-electron chi connectivity index (χ4n) is 0.278. The molecule has 6 heavy (non-hydrogen) atoms. The van der Waals surface area contributed by atoms with Crippen LogP contribution in [-0.4, -0.2) is 17.1 Å². The van der Waals surface area contributed by atoms with Crippen LogP contribution in [0.25, 0.3) is 0 Å². The van der Waals surface area contributed by atoms with Gasteiger partial charge in [-0.1, -0.05) is 0 Å². The van der Waals surface area contributed by atoms with Crippen LogP contribution in [0.1, 0.15) is 0 Å². The van der Waals surface area contributed by atoms with Gasteiger partial charge in [0.2, 0.25) is 0 Å². The number of alkyl halides is 1. The van der Waals surface area contributed by atoms with E-state index in [4.69, 9.17) is 4.74 Å². The number of hydrogen-bond donors (Lipinski definition) is 0. The largest absolute Gasteiger partial charge is 0.468 e. The Morgan fingerprint density at radius 1 is 2.00 bits per heavy atom. The summed E-state index contributed by atoms with van der Waals surface area (Å²) in [4.78, 5) is 3.81. The van der Waals surface area contributed by atoms with Crippen LogP contribution in [0, 0.1) is 0 Å². The molecule has 0 radical (unpaired) electrons. The van der Waals surface area contributed by atoms with Gasteiger partial charge in [0, 0.05) is 0 Å². The van der Waals surface area contributed by atoms with Crippen molar-refractivity contribution < 1.29 is 4.74 Å². The SMILES string of the molecule is IC1CN=CO1. The molecular weight excluding hydrogens is 193 g/mol. The highest BCUT2D eigenvalue weighted by Gasteiger charge is 2.03. The van der Waals surface area contributed by atoms with Crippen LogP contribution in [-0.2, 0) is 4.74 Å². The zero-order valence-corrected chi connectivity index (χ0v) is 5.25. The molecule has 2 nitrogen and oxygen atoms in total. The van der Waals surface area contributed by atoms with Crippen molar-refractivity contribution in [2.45, 2.75) is 4.11 Å². The average Bonchev–Trinajstić information content (AvgIpc) is 1.86. The topological polar surface area (TPSA) is 21.6 Å². The minimum atomic E-state index is 0.294. The Bertz CT molecular complexity index is 65.2. The summed E-state index contributed by atoms with van der Waals surface area (Å²) in [7, 11) is 0. The zero-order valence-electron chi connectivity index (χ0n) is 3.10. The molecule has 0 bridgehead atoms. The molecule has 0 saturated heterocycles. The van der Waals surface area contributed by atoms with Crippen LogP contribution in [0.15, 0.2) is 4.99 Å². The summed E-state index contributed by atoms with van der Waals surface area (Å²) < 4.78 is 5.14. The Kier molecular flexibility index (Phi) is 1.29. The molecule has 1 heterocycles.